The summed E-state index contributed by atoms with van der Waals surface area (Å²) in [6.45, 7) is 2.77. The highest BCUT2D eigenvalue weighted by Gasteiger charge is 2.31. The van der Waals surface area contributed by atoms with Crippen molar-refractivity contribution in [3.05, 3.63) is 53.5 Å². The molecule has 1 N–H and O–H groups in total. The number of benzene rings is 1. The number of anilines is 1. The van der Waals surface area contributed by atoms with E-state index in [1.165, 1.54) is 0 Å². The molecule has 1 atom stereocenters. The van der Waals surface area contributed by atoms with Crippen molar-refractivity contribution < 1.29 is 14.0 Å². The summed E-state index contributed by atoms with van der Waals surface area (Å²) in [5, 5.41) is 3.20. The highest BCUT2D eigenvalue weighted by Crippen LogP contribution is 2.31. The second-order valence-corrected chi connectivity index (χ2v) is 7.38. The fraction of sp³-hybridized carbons (Fsp3) is 0.429. The van der Waals surface area contributed by atoms with Gasteiger partial charge in [-0.3, -0.25) is 9.59 Å². The maximum absolute atomic E-state index is 13.0. The maximum Gasteiger partial charge on any atom is 0.289 e. The van der Waals surface area contributed by atoms with E-state index in [0.29, 0.717) is 24.6 Å². The van der Waals surface area contributed by atoms with Crippen LogP contribution in [-0.2, 0) is 17.8 Å². The zero-order valence-corrected chi connectivity index (χ0v) is 15.6. The van der Waals surface area contributed by atoms with Gasteiger partial charge in [0.2, 0.25) is 5.91 Å². The number of furan rings is 1. The summed E-state index contributed by atoms with van der Waals surface area (Å²) in [4.78, 5) is 29.1. The Balaban J connectivity index is 1.52. The number of fused-ring (bicyclic) bond motifs is 1. The molecule has 0 aliphatic carbocycles. The second-order valence-electron chi connectivity index (χ2n) is 7.38. The first kappa shape index (κ1) is 17.8. The number of carbonyl (C=O) groups excluding carboxylic acids is 2. The van der Waals surface area contributed by atoms with Crippen LogP contribution in [0.4, 0.5) is 5.69 Å². The number of hydrogen-bond acceptors (Lipinski definition) is 4. The average molecular weight is 367 g/mol. The third-order valence-electron chi connectivity index (χ3n) is 5.49. The van der Waals surface area contributed by atoms with Gasteiger partial charge in [-0.05, 0) is 50.0 Å². The molecule has 142 valence electrons. The van der Waals surface area contributed by atoms with E-state index in [0.717, 1.165) is 49.3 Å². The molecule has 3 heterocycles. The van der Waals surface area contributed by atoms with E-state index in [1.54, 1.807) is 17.2 Å². The average Bonchev–Trinajstić information content (AvgIpc) is 3.27. The molecule has 4 rings (SSSR count). The number of likely N-dealkylation sites (tertiary alicyclic amines) is 1. The van der Waals surface area contributed by atoms with Gasteiger partial charge in [0.25, 0.3) is 5.91 Å². The standard InChI is InChI=1S/C21H25N3O3/c1-22-12-15-5-4-9-23(13-15)21(26)20-17(8-10-27-20)14-24-18-7-3-2-6-16(18)11-19(24)25/h2-3,6-8,10,15,22H,4-5,9,11-14H2,1H3. The molecule has 2 aromatic rings. The van der Waals surface area contributed by atoms with Crippen molar-refractivity contribution in [1.82, 2.24) is 10.2 Å². The summed E-state index contributed by atoms with van der Waals surface area (Å²) >= 11 is 0. The lowest BCUT2D eigenvalue weighted by Gasteiger charge is -2.32. The number of para-hydroxylation sites is 1. The lowest BCUT2D eigenvalue weighted by atomic mass is 9.97. The Labute approximate surface area is 159 Å². The molecule has 0 spiro atoms. The van der Waals surface area contributed by atoms with Gasteiger partial charge in [0.1, 0.15) is 0 Å². The quantitative estimate of drug-likeness (QED) is 0.882. The Hall–Kier alpha value is -2.60. The maximum atomic E-state index is 13.0. The molecule has 1 aromatic heterocycles. The molecule has 1 saturated heterocycles. The van der Waals surface area contributed by atoms with E-state index in [4.69, 9.17) is 4.42 Å². The molecule has 27 heavy (non-hydrogen) atoms. The Kier molecular flexibility index (Phi) is 4.99. The van der Waals surface area contributed by atoms with Crippen molar-refractivity contribution in [3.63, 3.8) is 0 Å². The largest absolute Gasteiger partial charge is 0.459 e. The number of piperidine rings is 1. The minimum Gasteiger partial charge on any atom is -0.459 e. The Bertz CT molecular complexity index is 843. The lowest BCUT2D eigenvalue weighted by Crippen LogP contribution is -2.42. The predicted octanol–water partition coefficient (Wildman–Crippen LogP) is 2.44. The van der Waals surface area contributed by atoms with Crippen LogP contribution in [0.2, 0.25) is 0 Å². The molecule has 0 radical (unpaired) electrons. The Morgan fingerprint density at radius 1 is 1.30 bits per heavy atom. The molecule has 0 bridgehead atoms. The summed E-state index contributed by atoms with van der Waals surface area (Å²) in [7, 11) is 1.94. The van der Waals surface area contributed by atoms with Gasteiger partial charge in [-0.1, -0.05) is 18.2 Å². The smallest absolute Gasteiger partial charge is 0.289 e. The van der Waals surface area contributed by atoms with Crippen LogP contribution < -0.4 is 10.2 Å². The fourth-order valence-electron chi connectivity index (χ4n) is 4.16. The van der Waals surface area contributed by atoms with Crippen LogP contribution in [0.15, 0.2) is 41.0 Å². The summed E-state index contributed by atoms with van der Waals surface area (Å²) in [5.41, 5.74) is 2.72. The second kappa shape index (κ2) is 7.56. The predicted molar refractivity (Wildman–Crippen MR) is 103 cm³/mol. The minimum absolute atomic E-state index is 0.0582. The van der Waals surface area contributed by atoms with Crippen molar-refractivity contribution in [2.45, 2.75) is 25.8 Å². The van der Waals surface area contributed by atoms with Crippen molar-refractivity contribution in [2.75, 3.05) is 31.6 Å². The number of hydrogen-bond donors (Lipinski definition) is 1. The third kappa shape index (κ3) is 3.49. The van der Waals surface area contributed by atoms with Crippen molar-refractivity contribution in [2.24, 2.45) is 5.92 Å². The summed E-state index contributed by atoms with van der Waals surface area (Å²) < 4.78 is 5.56. The molecule has 2 aliphatic rings. The molecule has 1 aromatic carbocycles. The van der Waals surface area contributed by atoms with Crippen LogP contribution in [0.25, 0.3) is 0 Å². The van der Waals surface area contributed by atoms with E-state index < -0.39 is 0 Å². The highest BCUT2D eigenvalue weighted by atomic mass is 16.3. The van der Waals surface area contributed by atoms with Crippen molar-refractivity contribution in [3.8, 4) is 0 Å². The zero-order chi connectivity index (χ0) is 18.8. The first-order chi connectivity index (χ1) is 13.2. The molecule has 0 saturated carbocycles. The minimum atomic E-state index is -0.0734. The molecular formula is C21H25N3O3. The summed E-state index contributed by atoms with van der Waals surface area (Å²) in [5.74, 6) is 0.814. The van der Waals surface area contributed by atoms with Gasteiger partial charge in [0, 0.05) is 24.3 Å². The monoisotopic (exact) mass is 367 g/mol. The lowest BCUT2D eigenvalue weighted by molar-refractivity contribution is -0.117. The molecule has 6 nitrogen and oxygen atoms in total. The Morgan fingerprint density at radius 3 is 3.00 bits per heavy atom. The molecule has 6 heteroatoms. The van der Waals surface area contributed by atoms with Crippen LogP contribution >= 0.6 is 0 Å². The number of amides is 2. The van der Waals surface area contributed by atoms with E-state index in [2.05, 4.69) is 5.32 Å². The molecule has 1 fully saturated rings. The van der Waals surface area contributed by atoms with Gasteiger partial charge < -0.3 is 19.5 Å². The van der Waals surface area contributed by atoms with Crippen molar-refractivity contribution >= 4 is 17.5 Å². The van der Waals surface area contributed by atoms with E-state index in [1.807, 2.05) is 36.2 Å². The highest BCUT2D eigenvalue weighted by molar-refractivity contribution is 6.01. The number of rotatable bonds is 5. The van der Waals surface area contributed by atoms with Crippen LogP contribution in [0.1, 0.15) is 34.5 Å². The Morgan fingerprint density at radius 2 is 2.15 bits per heavy atom. The molecular weight excluding hydrogens is 342 g/mol. The summed E-state index contributed by atoms with van der Waals surface area (Å²) in [6, 6.07) is 9.61. The van der Waals surface area contributed by atoms with Gasteiger partial charge in [-0.2, -0.15) is 0 Å². The number of nitrogens with one attached hydrogen (secondary N) is 1. The van der Waals surface area contributed by atoms with Crippen LogP contribution in [0.5, 0.6) is 0 Å². The molecule has 2 aliphatic heterocycles. The van der Waals surface area contributed by atoms with E-state index in [9.17, 15) is 9.59 Å². The third-order valence-corrected chi connectivity index (χ3v) is 5.49. The number of carbonyl (C=O) groups is 2. The van der Waals surface area contributed by atoms with Crippen LogP contribution in [0.3, 0.4) is 0 Å². The van der Waals surface area contributed by atoms with E-state index in [-0.39, 0.29) is 11.8 Å². The van der Waals surface area contributed by atoms with Crippen LogP contribution in [0, 0.1) is 5.92 Å². The van der Waals surface area contributed by atoms with Gasteiger partial charge in [0.05, 0.1) is 19.2 Å². The fourth-order valence-corrected chi connectivity index (χ4v) is 4.16. The normalized spacial score (nSPS) is 19.4. The number of nitrogens with zero attached hydrogens (tertiary/aromatic N) is 2. The molecule has 2 amide bonds. The molecule has 1 unspecified atom stereocenters. The van der Waals surface area contributed by atoms with Crippen LogP contribution in [-0.4, -0.2) is 43.4 Å². The first-order valence-corrected chi connectivity index (χ1v) is 9.56. The van der Waals surface area contributed by atoms with Crippen molar-refractivity contribution in [1.29, 1.82) is 0 Å². The van der Waals surface area contributed by atoms with Gasteiger partial charge >= 0.3 is 0 Å². The van der Waals surface area contributed by atoms with Gasteiger partial charge in [-0.15, -0.1) is 0 Å². The summed E-state index contributed by atoms with van der Waals surface area (Å²) in [6.07, 6.45) is 4.10. The first-order valence-electron chi connectivity index (χ1n) is 9.56. The van der Waals surface area contributed by atoms with E-state index >= 15 is 0 Å². The SMILES string of the molecule is CNCC1CCCN(C(=O)c2occc2CN2C(=O)Cc3ccccc32)C1. The van der Waals surface area contributed by atoms with Gasteiger partial charge in [0.15, 0.2) is 5.76 Å². The topological polar surface area (TPSA) is 65.8 Å². The zero-order valence-electron chi connectivity index (χ0n) is 15.6. The van der Waals surface area contributed by atoms with Gasteiger partial charge in [-0.25, -0.2) is 0 Å².